The van der Waals surface area contributed by atoms with E-state index in [2.05, 4.69) is 77.4 Å². The molecule has 1 heteroatoms. The molecule has 0 aliphatic carbocycles. The van der Waals surface area contributed by atoms with Crippen molar-refractivity contribution in [2.45, 2.75) is 52.9 Å². The first kappa shape index (κ1) is 17.6. The zero-order valence-electron chi connectivity index (χ0n) is 14.6. The van der Waals surface area contributed by atoms with Gasteiger partial charge in [0.2, 0.25) is 0 Å². The third-order valence-electron chi connectivity index (χ3n) is 4.16. The van der Waals surface area contributed by atoms with Crippen LogP contribution in [0.4, 0.5) is 5.69 Å². The van der Waals surface area contributed by atoms with E-state index in [4.69, 9.17) is 0 Å². The van der Waals surface area contributed by atoms with Crippen molar-refractivity contribution in [1.29, 1.82) is 0 Å². The lowest BCUT2D eigenvalue weighted by Crippen LogP contribution is -2.21. The minimum atomic E-state index is 0.530. The fourth-order valence-corrected chi connectivity index (χ4v) is 2.88. The van der Waals surface area contributed by atoms with Crippen molar-refractivity contribution in [3.05, 3.63) is 53.6 Å². The summed E-state index contributed by atoms with van der Waals surface area (Å²) in [6.07, 6.45) is 5.31. The smallest absolute Gasteiger partial charge is 0.0437 e. The predicted octanol–water partition coefficient (Wildman–Crippen LogP) is 5.89. The highest BCUT2D eigenvalue weighted by Crippen LogP contribution is 2.36. The van der Waals surface area contributed by atoms with E-state index in [1.807, 2.05) is 6.08 Å². The van der Waals surface area contributed by atoms with Crippen molar-refractivity contribution in [3.8, 4) is 0 Å². The molecule has 0 spiro atoms. The van der Waals surface area contributed by atoms with Crippen LogP contribution >= 0.6 is 0 Å². The quantitative estimate of drug-likeness (QED) is 0.564. The molecule has 116 valence electrons. The van der Waals surface area contributed by atoms with Gasteiger partial charge in [0.15, 0.2) is 0 Å². The highest BCUT2D eigenvalue weighted by molar-refractivity contribution is 5.62. The number of benzene rings is 1. The van der Waals surface area contributed by atoms with Gasteiger partial charge >= 0.3 is 0 Å². The molecule has 0 heterocycles. The lowest BCUT2D eigenvalue weighted by Gasteiger charge is -2.28. The van der Waals surface area contributed by atoms with Crippen LogP contribution in [0.2, 0.25) is 0 Å². The van der Waals surface area contributed by atoms with Gasteiger partial charge < -0.3 is 4.90 Å². The van der Waals surface area contributed by atoms with Crippen molar-refractivity contribution < 1.29 is 0 Å². The van der Waals surface area contributed by atoms with Crippen molar-refractivity contribution in [3.63, 3.8) is 0 Å². The summed E-state index contributed by atoms with van der Waals surface area (Å²) in [6, 6.07) is 6.75. The van der Waals surface area contributed by atoms with Gasteiger partial charge in [-0.25, -0.2) is 0 Å². The Labute approximate surface area is 131 Å². The second-order valence-electron chi connectivity index (χ2n) is 6.35. The van der Waals surface area contributed by atoms with Gasteiger partial charge in [0.25, 0.3) is 0 Å². The van der Waals surface area contributed by atoms with Crippen LogP contribution in [-0.4, -0.2) is 13.6 Å². The van der Waals surface area contributed by atoms with Crippen LogP contribution in [0.1, 0.15) is 64.0 Å². The molecular formula is C20H31N. The van der Waals surface area contributed by atoms with E-state index >= 15 is 0 Å². The standard InChI is InChI=1S/C20H31N/c1-8-13-21(7)20-18(15(3)4)11-10-12-19(20)17(6)14-16(5)9-2/h8-12,15,17H,1,13-14H2,2-7H3. The molecule has 0 saturated heterocycles. The van der Waals surface area contributed by atoms with Gasteiger partial charge in [0.1, 0.15) is 0 Å². The van der Waals surface area contributed by atoms with Gasteiger partial charge in [0, 0.05) is 19.3 Å². The number of likely N-dealkylation sites (N-methyl/N-ethyl adjacent to an activating group) is 1. The summed E-state index contributed by atoms with van der Waals surface area (Å²) in [5.41, 5.74) is 5.73. The maximum Gasteiger partial charge on any atom is 0.0437 e. The predicted molar refractivity (Wildman–Crippen MR) is 96.5 cm³/mol. The molecule has 0 bridgehead atoms. The summed E-state index contributed by atoms with van der Waals surface area (Å²) in [6.45, 7) is 16.0. The lowest BCUT2D eigenvalue weighted by atomic mass is 9.88. The van der Waals surface area contributed by atoms with Gasteiger partial charge in [0.05, 0.1) is 0 Å². The first-order valence-electron chi connectivity index (χ1n) is 7.98. The molecule has 0 saturated carbocycles. The van der Waals surface area contributed by atoms with E-state index in [0.29, 0.717) is 11.8 Å². The Morgan fingerprint density at radius 1 is 1.24 bits per heavy atom. The number of hydrogen-bond donors (Lipinski definition) is 0. The summed E-state index contributed by atoms with van der Waals surface area (Å²) >= 11 is 0. The molecule has 0 fully saturated rings. The third kappa shape index (κ3) is 4.49. The fourth-order valence-electron chi connectivity index (χ4n) is 2.88. The second-order valence-corrected chi connectivity index (χ2v) is 6.35. The first-order valence-corrected chi connectivity index (χ1v) is 7.98. The Hall–Kier alpha value is -1.50. The molecule has 1 aromatic rings. The Bertz CT molecular complexity index is 497. The number of anilines is 1. The number of allylic oxidation sites excluding steroid dienone is 2. The van der Waals surface area contributed by atoms with Crippen LogP contribution in [-0.2, 0) is 0 Å². The van der Waals surface area contributed by atoms with E-state index in [-0.39, 0.29) is 0 Å². The van der Waals surface area contributed by atoms with Gasteiger partial charge in [-0.15, -0.1) is 6.58 Å². The fraction of sp³-hybridized carbons (Fsp3) is 0.500. The Balaban J connectivity index is 3.29. The summed E-state index contributed by atoms with van der Waals surface area (Å²) in [7, 11) is 2.17. The summed E-state index contributed by atoms with van der Waals surface area (Å²) < 4.78 is 0. The van der Waals surface area contributed by atoms with Crippen molar-refractivity contribution in [2.24, 2.45) is 0 Å². The van der Waals surface area contributed by atoms with E-state index in [0.717, 1.165) is 13.0 Å². The molecule has 0 N–H and O–H groups in total. The Kier molecular flexibility index (Phi) is 6.74. The number of nitrogens with zero attached hydrogens (tertiary/aromatic N) is 1. The van der Waals surface area contributed by atoms with Gasteiger partial charge in [-0.05, 0) is 43.2 Å². The largest absolute Gasteiger partial charge is 0.370 e. The lowest BCUT2D eigenvalue weighted by molar-refractivity contribution is 0.739. The summed E-state index contributed by atoms with van der Waals surface area (Å²) in [5, 5.41) is 0. The highest BCUT2D eigenvalue weighted by Gasteiger charge is 2.18. The van der Waals surface area contributed by atoms with Gasteiger partial charge in [-0.1, -0.05) is 56.7 Å². The van der Waals surface area contributed by atoms with Crippen LogP contribution in [0, 0.1) is 0 Å². The van der Waals surface area contributed by atoms with E-state index in [9.17, 15) is 0 Å². The summed E-state index contributed by atoms with van der Waals surface area (Å²) in [5.74, 6) is 1.06. The highest BCUT2D eigenvalue weighted by atomic mass is 15.1. The molecular weight excluding hydrogens is 254 g/mol. The van der Waals surface area contributed by atoms with Crippen LogP contribution < -0.4 is 4.90 Å². The third-order valence-corrected chi connectivity index (χ3v) is 4.16. The molecule has 1 atom stereocenters. The van der Waals surface area contributed by atoms with E-state index in [1.165, 1.54) is 22.4 Å². The minimum Gasteiger partial charge on any atom is -0.370 e. The van der Waals surface area contributed by atoms with Crippen molar-refractivity contribution in [1.82, 2.24) is 0 Å². The van der Waals surface area contributed by atoms with Crippen molar-refractivity contribution in [2.75, 3.05) is 18.5 Å². The van der Waals surface area contributed by atoms with Crippen LogP contribution in [0.5, 0.6) is 0 Å². The zero-order valence-corrected chi connectivity index (χ0v) is 14.6. The first-order chi connectivity index (χ1) is 9.92. The molecule has 1 nitrogen and oxygen atoms in total. The average molecular weight is 285 g/mol. The molecule has 1 unspecified atom stereocenters. The van der Waals surface area contributed by atoms with E-state index < -0.39 is 0 Å². The molecule has 0 aromatic heterocycles. The van der Waals surface area contributed by atoms with Crippen LogP contribution in [0.15, 0.2) is 42.5 Å². The van der Waals surface area contributed by atoms with Crippen LogP contribution in [0.3, 0.4) is 0 Å². The molecule has 0 aliphatic rings. The molecule has 21 heavy (non-hydrogen) atoms. The minimum absolute atomic E-state index is 0.530. The second kappa shape index (κ2) is 8.07. The monoisotopic (exact) mass is 285 g/mol. The molecule has 0 aliphatic heterocycles. The number of hydrogen-bond acceptors (Lipinski definition) is 1. The topological polar surface area (TPSA) is 3.24 Å². The average Bonchev–Trinajstić information content (AvgIpc) is 2.46. The SMILES string of the molecule is C=CCN(C)c1c(C(C)C)cccc1C(C)CC(C)=CC. The molecule has 0 radical (unpaired) electrons. The maximum atomic E-state index is 3.89. The zero-order chi connectivity index (χ0) is 16.0. The molecule has 1 aromatic carbocycles. The van der Waals surface area contributed by atoms with Crippen LogP contribution in [0.25, 0.3) is 0 Å². The Morgan fingerprint density at radius 2 is 1.86 bits per heavy atom. The maximum absolute atomic E-state index is 3.89. The molecule has 0 amide bonds. The normalized spacial score (nSPS) is 13.4. The van der Waals surface area contributed by atoms with Crippen molar-refractivity contribution >= 4 is 5.69 Å². The number of para-hydroxylation sites is 1. The van der Waals surface area contributed by atoms with Gasteiger partial charge in [-0.3, -0.25) is 0 Å². The number of rotatable bonds is 7. The summed E-state index contributed by atoms with van der Waals surface area (Å²) in [4.78, 5) is 2.33. The molecule has 1 rings (SSSR count). The Morgan fingerprint density at radius 3 is 2.38 bits per heavy atom. The van der Waals surface area contributed by atoms with Gasteiger partial charge in [-0.2, -0.15) is 0 Å². The van der Waals surface area contributed by atoms with E-state index in [1.54, 1.807) is 0 Å².